The van der Waals surface area contributed by atoms with Crippen molar-refractivity contribution in [2.45, 2.75) is 31.9 Å². The Hall–Kier alpha value is -2.22. The number of piperidine rings is 1. The fourth-order valence-electron chi connectivity index (χ4n) is 5.04. The second-order valence-corrected chi connectivity index (χ2v) is 8.82. The number of carbonyl (C=O) groups is 1. The molecule has 3 saturated heterocycles. The first kappa shape index (κ1) is 19.7. The molecule has 7 nitrogen and oxygen atoms in total. The van der Waals surface area contributed by atoms with Gasteiger partial charge in [0.05, 0.1) is 24.3 Å². The van der Waals surface area contributed by atoms with E-state index in [0.717, 1.165) is 77.4 Å². The van der Waals surface area contributed by atoms with Crippen molar-refractivity contribution in [2.75, 3.05) is 45.9 Å². The lowest BCUT2D eigenvalue weighted by atomic mass is 9.76. The van der Waals surface area contributed by atoms with Gasteiger partial charge in [-0.2, -0.15) is 5.10 Å². The summed E-state index contributed by atoms with van der Waals surface area (Å²) in [5.74, 6) is 0.0288. The van der Waals surface area contributed by atoms with Gasteiger partial charge in [-0.25, -0.2) is 4.68 Å². The van der Waals surface area contributed by atoms with Crippen molar-refractivity contribution in [1.29, 1.82) is 0 Å². The van der Waals surface area contributed by atoms with E-state index in [4.69, 9.17) is 9.47 Å². The number of likely N-dealkylation sites (tertiary alicyclic amines) is 1. The molecule has 0 bridgehead atoms. The SMILES string of the molecule is O=C1OC(CN2CCOCC2)CC12CCN(Cc1cccc(-n3cccn3)c1)CC2. The first-order valence-electron chi connectivity index (χ1n) is 11.0. The summed E-state index contributed by atoms with van der Waals surface area (Å²) in [4.78, 5) is 17.6. The number of hydrogen-bond acceptors (Lipinski definition) is 6. The molecule has 0 radical (unpaired) electrons. The lowest BCUT2D eigenvalue weighted by molar-refractivity contribution is -0.151. The molecular weight excluding hydrogens is 380 g/mol. The molecule has 0 amide bonds. The number of hydrogen-bond donors (Lipinski definition) is 0. The third kappa shape index (κ3) is 4.15. The van der Waals surface area contributed by atoms with Crippen LogP contribution in [0.4, 0.5) is 0 Å². The summed E-state index contributed by atoms with van der Waals surface area (Å²) in [7, 11) is 0. The third-order valence-electron chi connectivity index (χ3n) is 6.79. The Morgan fingerprint density at radius 3 is 2.67 bits per heavy atom. The van der Waals surface area contributed by atoms with Gasteiger partial charge in [0, 0.05) is 45.0 Å². The quantitative estimate of drug-likeness (QED) is 0.704. The lowest BCUT2D eigenvalue weighted by Crippen LogP contribution is -2.43. The Bertz CT molecular complexity index is 855. The largest absolute Gasteiger partial charge is 0.461 e. The molecule has 3 aliphatic rings. The number of aromatic nitrogens is 2. The van der Waals surface area contributed by atoms with Crippen molar-refractivity contribution < 1.29 is 14.3 Å². The second kappa shape index (κ2) is 8.49. The second-order valence-electron chi connectivity index (χ2n) is 8.82. The van der Waals surface area contributed by atoms with Crippen LogP contribution in [0.3, 0.4) is 0 Å². The molecule has 5 rings (SSSR count). The summed E-state index contributed by atoms with van der Waals surface area (Å²) in [5, 5.41) is 4.32. The fourth-order valence-corrected chi connectivity index (χ4v) is 5.04. The number of morpholine rings is 1. The Morgan fingerprint density at radius 1 is 1.07 bits per heavy atom. The van der Waals surface area contributed by atoms with E-state index in [2.05, 4.69) is 39.2 Å². The topological polar surface area (TPSA) is 59.8 Å². The lowest BCUT2D eigenvalue weighted by Gasteiger charge is -2.36. The zero-order valence-corrected chi connectivity index (χ0v) is 17.4. The predicted octanol–water partition coefficient (Wildman–Crippen LogP) is 2.10. The van der Waals surface area contributed by atoms with E-state index >= 15 is 0 Å². The van der Waals surface area contributed by atoms with E-state index in [-0.39, 0.29) is 17.5 Å². The zero-order valence-electron chi connectivity index (χ0n) is 17.4. The molecule has 1 spiro atoms. The van der Waals surface area contributed by atoms with Crippen molar-refractivity contribution in [1.82, 2.24) is 19.6 Å². The molecule has 0 N–H and O–H groups in total. The van der Waals surface area contributed by atoms with E-state index < -0.39 is 0 Å². The van der Waals surface area contributed by atoms with Crippen molar-refractivity contribution >= 4 is 5.97 Å². The van der Waals surface area contributed by atoms with Crippen molar-refractivity contribution in [3.8, 4) is 5.69 Å². The summed E-state index contributed by atoms with van der Waals surface area (Å²) >= 11 is 0. The van der Waals surface area contributed by atoms with Gasteiger partial charge in [0.25, 0.3) is 0 Å². The minimum Gasteiger partial charge on any atom is -0.461 e. The monoisotopic (exact) mass is 410 g/mol. The van der Waals surface area contributed by atoms with Crippen LogP contribution in [0.25, 0.3) is 5.69 Å². The van der Waals surface area contributed by atoms with Gasteiger partial charge in [0.15, 0.2) is 0 Å². The smallest absolute Gasteiger partial charge is 0.312 e. The Balaban J connectivity index is 1.16. The highest BCUT2D eigenvalue weighted by Gasteiger charge is 2.50. The van der Waals surface area contributed by atoms with Crippen LogP contribution < -0.4 is 0 Å². The highest BCUT2D eigenvalue weighted by atomic mass is 16.6. The third-order valence-corrected chi connectivity index (χ3v) is 6.79. The van der Waals surface area contributed by atoms with Gasteiger partial charge in [-0.15, -0.1) is 0 Å². The van der Waals surface area contributed by atoms with E-state index in [1.165, 1.54) is 5.56 Å². The average Bonchev–Trinajstić information content (AvgIpc) is 3.40. The van der Waals surface area contributed by atoms with Crippen LogP contribution in [0.15, 0.2) is 42.7 Å². The number of cyclic esters (lactones) is 1. The predicted molar refractivity (Wildman–Crippen MR) is 112 cm³/mol. The molecule has 3 aliphatic heterocycles. The van der Waals surface area contributed by atoms with Gasteiger partial charge in [-0.1, -0.05) is 12.1 Å². The number of benzene rings is 1. The van der Waals surface area contributed by atoms with Gasteiger partial charge in [0.2, 0.25) is 0 Å². The molecule has 1 atom stereocenters. The minimum absolute atomic E-state index is 0.0288. The molecule has 0 saturated carbocycles. The minimum atomic E-state index is -0.273. The van der Waals surface area contributed by atoms with E-state index in [1.807, 2.05) is 16.9 Å². The van der Waals surface area contributed by atoms with Gasteiger partial charge in [0.1, 0.15) is 6.10 Å². The maximum Gasteiger partial charge on any atom is 0.312 e. The number of ether oxygens (including phenoxy) is 2. The van der Waals surface area contributed by atoms with Crippen LogP contribution in [0.2, 0.25) is 0 Å². The first-order valence-corrected chi connectivity index (χ1v) is 11.0. The number of esters is 1. The molecular formula is C23H30N4O3. The molecule has 3 fully saturated rings. The zero-order chi connectivity index (χ0) is 20.4. The number of rotatable bonds is 5. The van der Waals surface area contributed by atoms with E-state index in [9.17, 15) is 4.79 Å². The summed E-state index contributed by atoms with van der Waals surface area (Å²) in [6, 6.07) is 10.5. The molecule has 30 heavy (non-hydrogen) atoms. The Labute approximate surface area is 177 Å². The van der Waals surface area contributed by atoms with Crippen molar-refractivity contribution in [2.24, 2.45) is 5.41 Å². The fraction of sp³-hybridized carbons (Fsp3) is 0.565. The molecule has 7 heteroatoms. The Morgan fingerprint density at radius 2 is 1.90 bits per heavy atom. The highest BCUT2D eigenvalue weighted by Crippen LogP contribution is 2.43. The maximum atomic E-state index is 12.8. The molecule has 1 aromatic heterocycles. The average molecular weight is 411 g/mol. The van der Waals surface area contributed by atoms with Crippen LogP contribution in [0.5, 0.6) is 0 Å². The molecule has 4 heterocycles. The summed E-state index contributed by atoms with van der Waals surface area (Å²) in [6.07, 6.45) is 6.44. The van der Waals surface area contributed by atoms with Gasteiger partial charge in [-0.3, -0.25) is 14.6 Å². The molecule has 2 aromatic rings. The first-order chi connectivity index (χ1) is 14.7. The summed E-state index contributed by atoms with van der Waals surface area (Å²) in [6.45, 7) is 7.05. The van der Waals surface area contributed by atoms with Crippen LogP contribution in [-0.4, -0.2) is 77.6 Å². The maximum absolute atomic E-state index is 12.8. The van der Waals surface area contributed by atoms with Crippen LogP contribution in [-0.2, 0) is 20.8 Å². The van der Waals surface area contributed by atoms with E-state index in [0.29, 0.717) is 0 Å². The van der Waals surface area contributed by atoms with Crippen LogP contribution in [0, 0.1) is 5.41 Å². The molecule has 160 valence electrons. The summed E-state index contributed by atoms with van der Waals surface area (Å²) < 4.78 is 13.1. The standard InChI is InChI=1S/C23H30N4O3/c28-22-23(16-21(30-22)18-26-11-13-29-14-12-26)5-9-25(10-6-23)17-19-3-1-4-20(15-19)27-8-2-7-24-27/h1-4,7-8,15,21H,5-6,9-14,16-18H2. The van der Waals surface area contributed by atoms with Crippen LogP contribution in [0.1, 0.15) is 24.8 Å². The molecule has 1 aromatic carbocycles. The highest BCUT2D eigenvalue weighted by molar-refractivity contribution is 5.79. The summed E-state index contributed by atoms with van der Waals surface area (Å²) in [5.41, 5.74) is 2.08. The number of nitrogens with zero attached hydrogens (tertiary/aromatic N) is 4. The number of carbonyl (C=O) groups excluding carboxylic acids is 1. The molecule has 0 aliphatic carbocycles. The van der Waals surface area contributed by atoms with Gasteiger partial charge in [-0.05, 0) is 49.7 Å². The normalized spacial score (nSPS) is 24.9. The van der Waals surface area contributed by atoms with Crippen molar-refractivity contribution in [3.63, 3.8) is 0 Å². The van der Waals surface area contributed by atoms with Gasteiger partial charge < -0.3 is 9.47 Å². The van der Waals surface area contributed by atoms with E-state index in [1.54, 1.807) is 6.20 Å². The Kier molecular flexibility index (Phi) is 5.58. The van der Waals surface area contributed by atoms with Gasteiger partial charge >= 0.3 is 5.97 Å². The molecule has 1 unspecified atom stereocenters. The van der Waals surface area contributed by atoms with Crippen molar-refractivity contribution in [3.05, 3.63) is 48.3 Å². The van der Waals surface area contributed by atoms with Crippen LogP contribution >= 0.6 is 0 Å².